The van der Waals surface area contributed by atoms with Gasteiger partial charge in [-0.2, -0.15) is 0 Å². The minimum absolute atomic E-state index is 0.135. The lowest BCUT2D eigenvalue weighted by atomic mass is 9.43. The molecule has 0 aromatic carbocycles. The first-order valence-electron chi connectivity index (χ1n) is 12.1. The summed E-state index contributed by atoms with van der Waals surface area (Å²) in [6, 6.07) is 0.341. The number of carbonyl (C=O) groups is 1. The molecule has 0 heterocycles. The van der Waals surface area contributed by atoms with E-state index in [1.807, 2.05) is 0 Å². The van der Waals surface area contributed by atoms with Gasteiger partial charge in [-0.25, -0.2) is 0 Å². The number of hydrogen-bond donors (Lipinski definition) is 2. The molecular formula is C25H43NO2. The van der Waals surface area contributed by atoms with Crippen molar-refractivity contribution >= 4 is 5.78 Å². The van der Waals surface area contributed by atoms with Crippen LogP contribution in [0, 0.1) is 46.3 Å². The van der Waals surface area contributed by atoms with Gasteiger partial charge in [-0.3, -0.25) is 0 Å². The smallest absolute Gasteiger partial charge is 0.129 e. The lowest BCUT2D eigenvalue weighted by Crippen LogP contribution is -2.59. The molecule has 4 aliphatic carbocycles. The summed E-state index contributed by atoms with van der Waals surface area (Å²) in [5.41, 5.74) is 7.06. The van der Waals surface area contributed by atoms with Gasteiger partial charge in [-0.15, -0.1) is 0 Å². The van der Waals surface area contributed by atoms with Crippen LogP contribution in [0.2, 0.25) is 0 Å². The molecule has 0 amide bonds. The van der Waals surface area contributed by atoms with E-state index in [-0.39, 0.29) is 6.10 Å². The SMILES string of the molecule is CC(=O)CC[C@@H](C)C1CCC2C3C(O)CC4C[C@H](N)CC[C@]4(C)C3CC[C@@]21C. The zero-order valence-electron chi connectivity index (χ0n) is 18.6. The Hall–Kier alpha value is -0.410. The number of Topliss-reactive ketones (excluding diaryl/α,β-unsaturated/α-hetero) is 1. The molecule has 160 valence electrons. The fourth-order valence-corrected chi connectivity index (χ4v) is 8.86. The Labute approximate surface area is 172 Å². The van der Waals surface area contributed by atoms with E-state index in [1.165, 1.54) is 38.5 Å². The molecule has 3 nitrogen and oxygen atoms in total. The van der Waals surface area contributed by atoms with Crippen molar-refractivity contribution in [2.24, 2.45) is 52.1 Å². The molecule has 0 bridgehead atoms. The molecule has 4 fully saturated rings. The van der Waals surface area contributed by atoms with Crippen LogP contribution in [0.15, 0.2) is 0 Å². The lowest BCUT2D eigenvalue weighted by molar-refractivity contribution is -0.166. The summed E-state index contributed by atoms with van der Waals surface area (Å²) >= 11 is 0. The van der Waals surface area contributed by atoms with Crippen LogP contribution in [0.4, 0.5) is 0 Å². The molecular weight excluding hydrogens is 346 g/mol. The summed E-state index contributed by atoms with van der Waals surface area (Å²) in [6.07, 6.45) is 11.3. The van der Waals surface area contributed by atoms with Crippen molar-refractivity contribution in [1.29, 1.82) is 0 Å². The third-order valence-electron chi connectivity index (χ3n) is 10.4. The number of rotatable bonds is 4. The van der Waals surface area contributed by atoms with Crippen molar-refractivity contribution in [1.82, 2.24) is 0 Å². The van der Waals surface area contributed by atoms with Crippen LogP contribution in [0.3, 0.4) is 0 Å². The minimum Gasteiger partial charge on any atom is -0.393 e. The van der Waals surface area contributed by atoms with E-state index in [4.69, 9.17) is 5.73 Å². The van der Waals surface area contributed by atoms with Gasteiger partial charge in [-0.1, -0.05) is 20.8 Å². The Morgan fingerprint density at radius 2 is 1.75 bits per heavy atom. The van der Waals surface area contributed by atoms with Crippen molar-refractivity contribution in [2.75, 3.05) is 0 Å². The molecule has 0 saturated heterocycles. The quantitative estimate of drug-likeness (QED) is 0.715. The summed E-state index contributed by atoms with van der Waals surface area (Å²) in [5, 5.41) is 11.3. The number of hydrogen-bond acceptors (Lipinski definition) is 3. The van der Waals surface area contributed by atoms with E-state index in [1.54, 1.807) is 6.92 Å². The maximum absolute atomic E-state index is 11.5. The van der Waals surface area contributed by atoms with Crippen LogP contribution in [-0.4, -0.2) is 23.0 Å². The van der Waals surface area contributed by atoms with E-state index in [2.05, 4.69) is 20.8 Å². The maximum Gasteiger partial charge on any atom is 0.129 e. The van der Waals surface area contributed by atoms with E-state index in [0.717, 1.165) is 31.6 Å². The molecule has 4 saturated carbocycles. The Morgan fingerprint density at radius 1 is 1.07 bits per heavy atom. The summed E-state index contributed by atoms with van der Waals surface area (Å²) in [6.45, 7) is 9.18. The van der Waals surface area contributed by atoms with Crippen molar-refractivity contribution in [3.8, 4) is 0 Å². The average Bonchev–Trinajstić information content (AvgIpc) is 2.98. The van der Waals surface area contributed by atoms with Gasteiger partial charge in [0.15, 0.2) is 0 Å². The highest BCUT2D eigenvalue weighted by Gasteiger charge is 2.62. The first kappa shape index (κ1) is 20.8. The standard InChI is InChI=1S/C25H43NO2/c1-15(5-6-16(2)27)19-7-8-20-23-21(10-12-25(19,20)4)24(3)11-9-18(26)13-17(24)14-22(23)28/h15,17-23,28H,5-14,26H2,1-4H3/t15-,17?,18-,19?,20?,21?,22?,23?,24+,25-/m1/s1. The van der Waals surface area contributed by atoms with Crippen LogP contribution in [-0.2, 0) is 4.79 Å². The second-order valence-electron chi connectivity index (χ2n) is 11.8. The van der Waals surface area contributed by atoms with Gasteiger partial charge in [0.2, 0.25) is 0 Å². The highest BCUT2D eigenvalue weighted by Crippen LogP contribution is 2.68. The highest BCUT2D eigenvalue weighted by molar-refractivity contribution is 5.75. The Balaban J connectivity index is 1.55. The zero-order valence-corrected chi connectivity index (χ0v) is 18.6. The normalized spacial score (nSPS) is 51.7. The van der Waals surface area contributed by atoms with Gasteiger partial charge in [0.1, 0.15) is 5.78 Å². The number of nitrogens with two attached hydrogens (primary N) is 1. The summed E-state index contributed by atoms with van der Waals surface area (Å²) in [4.78, 5) is 11.5. The Kier molecular flexibility index (Phi) is 5.49. The molecule has 0 aromatic rings. The number of aliphatic hydroxyl groups excluding tert-OH is 1. The van der Waals surface area contributed by atoms with Gasteiger partial charge in [0.25, 0.3) is 0 Å². The van der Waals surface area contributed by atoms with Gasteiger partial charge in [0.05, 0.1) is 6.10 Å². The van der Waals surface area contributed by atoms with Gasteiger partial charge in [0, 0.05) is 12.5 Å². The molecule has 3 heteroatoms. The van der Waals surface area contributed by atoms with Crippen LogP contribution < -0.4 is 5.73 Å². The van der Waals surface area contributed by atoms with E-state index in [0.29, 0.717) is 52.2 Å². The molecule has 0 aromatic heterocycles. The average molecular weight is 390 g/mol. The highest BCUT2D eigenvalue weighted by atomic mass is 16.3. The van der Waals surface area contributed by atoms with E-state index < -0.39 is 0 Å². The summed E-state index contributed by atoms with van der Waals surface area (Å²) in [5.74, 6) is 4.11. The molecule has 28 heavy (non-hydrogen) atoms. The molecule has 0 spiro atoms. The predicted octanol–water partition coefficient (Wildman–Crippen LogP) is 4.95. The van der Waals surface area contributed by atoms with Crippen molar-refractivity contribution in [3.05, 3.63) is 0 Å². The number of fused-ring (bicyclic) bond motifs is 5. The van der Waals surface area contributed by atoms with E-state index in [9.17, 15) is 9.90 Å². The molecule has 6 unspecified atom stereocenters. The third-order valence-corrected chi connectivity index (χ3v) is 10.4. The van der Waals surface area contributed by atoms with Gasteiger partial charge < -0.3 is 15.6 Å². The predicted molar refractivity (Wildman–Crippen MR) is 114 cm³/mol. The van der Waals surface area contributed by atoms with Crippen LogP contribution in [0.5, 0.6) is 0 Å². The van der Waals surface area contributed by atoms with Gasteiger partial charge in [-0.05, 0) is 111 Å². The number of ketones is 1. The van der Waals surface area contributed by atoms with Gasteiger partial charge >= 0.3 is 0 Å². The molecule has 0 radical (unpaired) electrons. The van der Waals surface area contributed by atoms with Crippen LogP contribution in [0.1, 0.15) is 91.9 Å². The monoisotopic (exact) mass is 389 g/mol. The first-order chi connectivity index (χ1) is 13.2. The largest absolute Gasteiger partial charge is 0.393 e. The maximum atomic E-state index is 11.5. The van der Waals surface area contributed by atoms with Crippen molar-refractivity contribution < 1.29 is 9.90 Å². The Morgan fingerprint density at radius 3 is 2.46 bits per heavy atom. The molecule has 10 atom stereocenters. The molecule has 4 rings (SSSR count). The van der Waals surface area contributed by atoms with Crippen LogP contribution in [0.25, 0.3) is 0 Å². The topological polar surface area (TPSA) is 63.3 Å². The third kappa shape index (κ3) is 3.20. The van der Waals surface area contributed by atoms with E-state index >= 15 is 0 Å². The zero-order chi connectivity index (χ0) is 20.3. The fourth-order valence-electron chi connectivity index (χ4n) is 8.86. The van der Waals surface area contributed by atoms with Crippen LogP contribution >= 0.6 is 0 Å². The molecule has 4 aliphatic rings. The number of carbonyl (C=O) groups excluding carboxylic acids is 1. The fraction of sp³-hybridized carbons (Fsp3) is 0.960. The van der Waals surface area contributed by atoms with Crippen molar-refractivity contribution in [3.63, 3.8) is 0 Å². The van der Waals surface area contributed by atoms with Crippen molar-refractivity contribution in [2.45, 2.75) is 104 Å². The number of aliphatic hydroxyl groups is 1. The first-order valence-corrected chi connectivity index (χ1v) is 12.1. The minimum atomic E-state index is -0.135. The lowest BCUT2D eigenvalue weighted by Gasteiger charge is -2.62. The second-order valence-corrected chi connectivity index (χ2v) is 11.8. The Bertz CT molecular complexity index is 605. The molecule has 3 N–H and O–H groups in total. The summed E-state index contributed by atoms with van der Waals surface area (Å²) < 4.78 is 0. The summed E-state index contributed by atoms with van der Waals surface area (Å²) in [7, 11) is 0. The second kappa shape index (κ2) is 7.38. The molecule has 0 aliphatic heterocycles.